The molecule has 0 bridgehead atoms. The van der Waals surface area contributed by atoms with Gasteiger partial charge in [-0.2, -0.15) is 0 Å². The zero-order valence-electron chi connectivity index (χ0n) is 13.0. The fourth-order valence-electron chi connectivity index (χ4n) is 2.31. The van der Waals surface area contributed by atoms with Gasteiger partial charge in [0.25, 0.3) is 0 Å². The Morgan fingerprint density at radius 3 is 2.36 bits per heavy atom. The van der Waals surface area contributed by atoms with Crippen molar-refractivity contribution in [2.45, 2.75) is 6.42 Å². The molecule has 2 aromatic rings. The molecular weight excluding hydrogens is 276 g/mol. The Morgan fingerprint density at radius 2 is 1.73 bits per heavy atom. The van der Waals surface area contributed by atoms with Gasteiger partial charge in [-0.1, -0.05) is 43.0 Å². The van der Waals surface area contributed by atoms with Crippen LogP contribution in [0.1, 0.15) is 21.5 Å². The van der Waals surface area contributed by atoms with Crippen LogP contribution in [-0.4, -0.2) is 26.6 Å². The molecule has 0 aliphatic heterocycles. The molecule has 2 rings (SSSR count). The highest BCUT2D eigenvalue weighted by Gasteiger charge is 2.12. The summed E-state index contributed by atoms with van der Waals surface area (Å²) in [5.41, 5.74) is 3.65. The summed E-state index contributed by atoms with van der Waals surface area (Å²) in [5, 5.41) is 0. The Balaban J connectivity index is 2.19. The van der Waals surface area contributed by atoms with E-state index in [1.807, 2.05) is 48.5 Å². The first kappa shape index (κ1) is 16.0. The second kappa shape index (κ2) is 7.57. The first-order chi connectivity index (χ1) is 10.7. The smallest absolute Gasteiger partial charge is 0.188 e. The van der Waals surface area contributed by atoms with Crippen molar-refractivity contribution < 1.29 is 14.3 Å². The molecule has 22 heavy (non-hydrogen) atoms. The Kier molecular flexibility index (Phi) is 5.50. The van der Waals surface area contributed by atoms with Gasteiger partial charge in [0.05, 0.1) is 7.11 Å². The second-order valence-electron chi connectivity index (χ2n) is 5.02. The lowest BCUT2D eigenvalue weighted by atomic mass is 9.94. The van der Waals surface area contributed by atoms with E-state index in [0.717, 1.165) is 22.4 Å². The van der Waals surface area contributed by atoms with Gasteiger partial charge in [-0.25, -0.2) is 0 Å². The molecule has 0 aromatic heterocycles. The topological polar surface area (TPSA) is 35.5 Å². The average molecular weight is 296 g/mol. The zero-order chi connectivity index (χ0) is 15.9. The van der Waals surface area contributed by atoms with E-state index >= 15 is 0 Å². The molecule has 3 nitrogen and oxygen atoms in total. The second-order valence-corrected chi connectivity index (χ2v) is 5.02. The Morgan fingerprint density at radius 1 is 1.05 bits per heavy atom. The van der Waals surface area contributed by atoms with E-state index in [9.17, 15) is 4.79 Å². The van der Waals surface area contributed by atoms with Gasteiger partial charge in [-0.3, -0.25) is 4.79 Å². The predicted octanol–water partition coefficient (Wildman–Crippen LogP) is 3.78. The molecule has 0 saturated heterocycles. The lowest BCUT2D eigenvalue weighted by molar-refractivity contribution is 0.0847. The largest absolute Gasteiger partial charge is 0.497 e. The van der Waals surface area contributed by atoms with Crippen molar-refractivity contribution in [2.24, 2.45) is 0 Å². The lowest BCUT2D eigenvalue weighted by Gasteiger charge is -2.11. The van der Waals surface area contributed by atoms with Crippen LogP contribution in [0.2, 0.25) is 0 Å². The maximum Gasteiger partial charge on any atom is 0.188 e. The number of methoxy groups -OCH3 is 2. The minimum Gasteiger partial charge on any atom is -0.497 e. The number of allylic oxidation sites excluding steroid dienone is 1. The van der Waals surface area contributed by atoms with Crippen LogP contribution in [0.25, 0.3) is 5.57 Å². The molecule has 0 amide bonds. The molecule has 0 radical (unpaired) electrons. The highest BCUT2D eigenvalue weighted by molar-refractivity contribution is 5.98. The molecule has 2 aromatic carbocycles. The van der Waals surface area contributed by atoms with E-state index in [4.69, 9.17) is 9.47 Å². The van der Waals surface area contributed by atoms with Gasteiger partial charge >= 0.3 is 0 Å². The van der Waals surface area contributed by atoms with E-state index in [-0.39, 0.29) is 12.4 Å². The number of carbonyl (C=O) groups is 1. The number of carbonyl (C=O) groups excluding carboxylic acids is 1. The standard InChI is InChI=1S/C19H20O3/c1-14(15-8-10-17(22-3)11-9-15)12-16-6-4-5-7-18(16)19(20)13-21-2/h4-11H,1,12-13H2,2-3H3. The van der Waals surface area contributed by atoms with Gasteiger partial charge < -0.3 is 9.47 Å². The molecular formula is C19H20O3. The normalized spacial score (nSPS) is 10.3. The third-order valence-corrected chi connectivity index (χ3v) is 3.50. The third kappa shape index (κ3) is 3.83. The maximum atomic E-state index is 12.1. The van der Waals surface area contributed by atoms with Crippen molar-refractivity contribution in [1.82, 2.24) is 0 Å². The van der Waals surface area contributed by atoms with Crippen LogP contribution >= 0.6 is 0 Å². The molecule has 0 fully saturated rings. The quantitative estimate of drug-likeness (QED) is 0.729. The van der Waals surface area contributed by atoms with E-state index in [1.165, 1.54) is 7.11 Å². The molecule has 0 aliphatic carbocycles. The summed E-state index contributed by atoms with van der Waals surface area (Å²) in [5.74, 6) is 0.799. The lowest BCUT2D eigenvalue weighted by Crippen LogP contribution is -2.10. The van der Waals surface area contributed by atoms with Crippen molar-refractivity contribution >= 4 is 11.4 Å². The van der Waals surface area contributed by atoms with Crippen LogP contribution in [-0.2, 0) is 11.2 Å². The Bertz CT molecular complexity index is 657. The number of hydrogen-bond acceptors (Lipinski definition) is 3. The minimum absolute atomic E-state index is 0.0133. The predicted molar refractivity (Wildman–Crippen MR) is 88.4 cm³/mol. The number of benzene rings is 2. The molecule has 0 saturated carbocycles. The molecule has 0 N–H and O–H groups in total. The summed E-state index contributed by atoms with van der Waals surface area (Å²) >= 11 is 0. The van der Waals surface area contributed by atoms with Crippen LogP contribution in [0, 0.1) is 0 Å². The van der Waals surface area contributed by atoms with Crippen molar-refractivity contribution in [3.05, 3.63) is 71.8 Å². The number of rotatable bonds is 7. The summed E-state index contributed by atoms with van der Waals surface area (Å²) in [4.78, 5) is 12.1. The summed E-state index contributed by atoms with van der Waals surface area (Å²) in [6.07, 6.45) is 0.623. The first-order valence-corrected chi connectivity index (χ1v) is 7.08. The van der Waals surface area contributed by atoms with Gasteiger partial charge in [0.2, 0.25) is 0 Å². The SMILES string of the molecule is C=C(Cc1ccccc1C(=O)COC)c1ccc(OC)cc1. The number of hydrogen-bond donors (Lipinski definition) is 0. The van der Waals surface area contributed by atoms with E-state index < -0.39 is 0 Å². The fourth-order valence-corrected chi connectivity index (χ4v) is 2.31. The van der Waals surface area contributed by atoms with Crippen LogP contribution in [0.3, 0.4) is 0 Å². The molecule has 0 unspecified atom stereocenters. The maximum absolute atomic E-state index is 12.1. The van der Waals surface area contributed by atoms with Crippen molar-refractivity contribution in [3.63, 3.8) is 0 Å². The summed E-state index contributed by atoms with van der Waals surface area (Å²) in [6, 6.07) is 15.3. The van der Waals surface area contributed by atoms with Gasteiger partial charge in [-0.15, -0.1) is 0 Å². The Hall–Kier alpha value is -2.39. The van der Waals surface area contributed by atoms with Gasteiger partial charge in [0.15, 0.2) is 5.78 Å². The molecule has 0 atom stereocenters. The van der Waals surface area contributed by atoms with Crippen molar-refractivity contribution in [3.8, 4) is 5.75 Å². The van der Waals surface area contributed by atoms with Crippen LogP contribution in [0.15, 0.2) is 55.1 Å². The number of ketones is 1. The van der Waals surface area contributed by atoms with E-state index in [2.05, 4.69) is 6.58 Å². The monoisotopic (exact) mass is 296 g/mol. The highest BCUT2D eigenvalue weighted by atomic mass is 16.5. The van der Waals surface area contributed by atoms with Crippen LogP contribution in [0.5, 0.6) is 5.75 Å². The fraction of sp³-hybridized carbons (Fsp3) is 0.211. The number of Topliss-reactive ketones (excluding diaryl/α,β-unsaturated/α-hetero) is 1. The summed E-state index contributed by atoms with van der Waals surface area (Å²) < 4.78 is 10.1. The minimum atomic E-state index is -0.0133. The third-order valence-electron chi connectivity index (χ3n) is 3.50. The van der Waals surface area contributed by atoms with Crippen LogP contribution < -0.4 is 4.74 Å². The van der Waals surface area contributed by atoms with Crippen molar-refractivity contribution in [1.29, 1.82) is 0 Å². The van der Waals surface area contributed by atoms with Crippen LogP contribution in [0.4, 0.5) is 0 Å². The van der Waals surface area contributed by atoms with Crippen molar-refractivity contribution in [2.75, 3.05) is 20.8 Å². The number of ether oxygens (including phenoxy) is 2. The first-order valence-electron chi connectivity index (χ1n) is 7.08. The zero-order valence-corrected chi connectivity index (χ0v) is 13.0. The van der Waals surface area contributed by atoms with E-state index in [0.29, 0.717) is 12.0 Å². The highest BCUT2D eigenvalue weighted by Crippen LogP contribution is 2.22. The van der Waals surface area contributed by atoms with E-state index in [1.54, 1.807) is 7.11 Å². The summed E-state index contributed by atoms with van der Waals surface area (Å²) in [6.45, 7) is 4.23. The molecule has 114 valence electrons. The molecule has 0 heterocycles. The summed E-state index contributed by atoms with van der Waals surface area (Å²) in [7, 11) is 3.16. The van der Waals surface area contributed by atoms with Gasteiger partial charge in [-0.05, 0) is 35.3 Å². The Labute approximate surface area is 131 Å². The molecule has 0 aliphatic rings. The average Bonchev–Trinajstić information content (AvgIpc) is 2.55. The van der Waals surface area contributed by atoms with Gasteiger partial charge in [0, 0.05) is 12.7 Å². The molecule has 3 heteroatoms. The van der Waals surface area contributed by atoms with Gasteiger partial charge in [0.1, 0.15) is 12.4 Å². The molecule has 0 spiro atoms.